The molecule has 0 aliphatic carbocycles. The summed E-state index contributed by atoms with van der Waals surface area (Å²) in [7, 11) is 1.64. The van der Waals surface area contributed by atoms with Gasteiger partial charge in [-0.15, -0.1) is 0 Å². The van der Waals surface area contributed by atoms with Gasteiger partial charge >= 0.3 is 6.09 Å². The summed E-state index contributed by atoms with van der Waals surface area (Å²) in [6.07, 6.45) is 1.35. The van der Waals surface area contributed by atoms with Gasteiger partial charge in [0.25, 0.3) is 0 Å². The van der Waals surface area contributed by atoms with Gasteiger partial charge in [0.2, 0.25) is 5.91 Å². The maximum atomic E-state index is 12.8. The Morgan fingerprint density at radius 1 is 1.19 bits per heavy atom. The van der Waals surface area contributed by atoms with Crippen LogP contribution in [0, 0.1) is 5.41 Å². The number of benzene rings is 1. The van der Waals surface area contributed by atoms with Crippen molar-refractivity contribution in [2.45, 2.75) is 45.8 Å². The molecule has 3 rings (SSSR count). The third-order valence-electron chi connectivity index (χ3n) is 5.00. The van der Waals surface area contributed by atoms with Crippen LogP contribution < -0.4 is 4.74 Å². The van der Waals surface area contributed by atoms with Crippen LogP contribution in [0.25, 0.3) is 0 Å². The minimum absolute atomic E-state index is 0.140. The van der Waals surface area contributed by atoms with Gasteiger partial charge in [-0.3, -0.25) is 4.79 Å². The highest BCUT2D eigenvalue weighted by atomic mass is 16.6. The predicted octanol–water partition coefficient (Wildman–Crippen LogP) is 3.05. The molecule has 142 valence electrons. The number of carbonyl (C=O) groups excluding carboxylic acids is 2. The molecule has 1 spiro atoms. The number of ether oxygens (including phenoxy) is 2. The summed E-state index contributed by atoms with van der Waals surface area (Å²) in [6, 6.07) is 7.76. The zero-order valence-corrected chi connectivity index (χ0v) is 16.1. The lowest BCUT2D eigenvalue weighted by molar-refractivity contribution is -0.166. The average molecular weight is 360 g/mol. The molecule has 1 unspecified atom stereocenters. The molecule has 2 amide bonds. The van der Waals surface area contributed by atoms with Gasteiger partial charge in [0.15, 0.2) is 0 Å². The zero-order valence-electron chi connectivity index (χ0n) is 16.1. The number of methoxy groups -OCH3 is 1. The van der Waals surface area contributed by atoms with Crippen molar-refractivity contribution < 1.29 is 19.1 Å². The van der Waals surface area contributed by atoms with Crippen molar-refractivity contribution in [1.82, 2.24) is 9.80 Å². The number of hydrogen-bond donors (Lipinski definition) is 0. The molecule has 0 radical (unpaired) electrons. The van der Waals surface area contributed by atoms with Crippen LogP contribution in [-0.4, -0.2) is 54.1 Å². The molecule has 2 aliphatic rings. The second-order valence-electron chi connectivity index (χ2n) is 8.30. The SMILES string of the molecule is COc1ccc(CN2CC3(CCCN(C(=O)OC(C)(C)C)C3)C2=O)cc1. The number of likely N-dealkylation sites (tertiary alicyclic amines) is 2. The molecule has 6 heteroatoms. The standard InChI is InChI=1S/C20H28N2O4/c1-19(2,3)26-18(24)21-11-5-10-20(13-21)14-22(17(20)23)12-15-6-8-16(25-4)9-7-15/h6-9H,5,10-14H2,1-4H3. The van der Waals surface area contributed by atoms with Gasteiger partial charge < -0.3 is 19.3 Å². The van der Waals surface area contributed by atoms with E-state index < -0.39 is 11.0 Å². The second-order valence-corrected chi connectivity index (χ2v) is 8.30. The van der Waals surface area contributed by atoms with Gasteiger partial charge in [0, 0.05) is 26.2 Å². The van der Waals surface area contributed by atoms with Gasteiger partial charge in [-0.05, 0) is 51.3 Å². The minimum atomic E-state index is -0.522. The van der Waals surface area contributed by atoms with E-state index in [9.17, 15) is 9.59 Å². The Morgan fingerprint density at radius 3 is 2.46 bits per heavy atom. The maximum absolute atomic E-state index is 12.8. The van der Waals surface area contributed by atoms with E-state index in [-0.39, 0.29) is 12.0 Å². The van der Waals surface area contributed by atoms with E-state index in [4.69, 9.17) is 9.47 Å². The topological polar surface area (TPSA) is 59.1 Å². The molecule has 1 aromatic carbocycles. The Morgan fingerprint density at radius 2 is 1.88 bits per heavy atom. The molecule has 0 aromatic heterocycles. The van der Waals surface area contributed by atoms with E-state index in [0.717, 1.165) is 24.2 Å². The summed E-state index contributed by atoms with van der Waals surface area (Å²) >= 11 is 0. The van der Waals surface area contributed by atoms with Crippen molar-refractivity contribution in [3.05, 3.63) is 29.8 Å². The summed E-state index contributed by atoms with van der Waals surface area (Å²) in [5, 5.41) is 0. The Bertz CT molecular complexity index is 680. The predicted molar refractivity (Wildman–Crippen MR) is 97.9 cm³/mol. The molecule has 0 saturated carbocycles. The third-order valence-corrected chi connectivity index (χ3v) is 5.00. The average Bonchev–Trinajstić information content (AvgIpc) is 2.60. The highest BCUT2D eigenvalue weighted by Crippen LogP contribution is 2.41. The highest BCUT2D eigenvalue weighted by Gasteiger charge is 2.54. The summed E-state index contributed by atoms with van der Waals surface area (Å²) in [6.45, 7) is 7.97. The lowest BCUT2D eigenvalue weighted by Crippen LogP contribution is -2.67. The molecular formula is C20H28N2O4. The quantitative estimate of drug-likeness (QED) is 0.778. The van der Waals surface area contributed by atoms with Gasteiger partial charge in [-0.25, -0.2) is 4.79 Å². The molecule has 1 atom stereocenters. The molecule has 2 heterocycles. The second kappa shape index (κ2) is 6.82. The molecule has 6 nitrogen and oxygen atoms in total. The Balaban J connectivity index is 1.59. The van der Waals surface area contributed by atoms with Crippen LogP contribution in [0.3, 0.4) is 0 Å². The fourth-order valence-corrected chi connectivity index (χ4v) is 3.75. The molecule has 2 aliphatic heterocycles. The number of β-lactam (4-membered cyclic amide) rings is 1. The van der Waals surface area contributed by atoms with E-state index in [1.165, 1.54) is 0 Å². The fraction of sp³-hybridized carbons (Fsp3) is 0.600. The molecule has 1 aromatic rings. The largest absolute Gasteiger partial charge is 0.497 e. The maximum Gasteiger partial charge on any atom is 0.410 e. The van der Waals surface area contributed by atoms with Crippen LogP contribution in [0.2, 0.25) is 0 Å². The molecule has 0 bridgehead atoms. The normalized spacial score (nSPS) is 23.0. The fourth-order valence-electron chi connectivity index (χ4n) is 3.75. The van der Waals surface area contributed by atoms with Crippen LogP contribution in [0.4, 0.5) is 4.79 Å². The first kappa shape index (κ1) is 18.5. The van der Waals surface area contributed by atoms with Gasteiger partial charge in [-0.2, -0.15) is 0 Å². The summed E-state index contributed by atoms with van der Waals surface area (Å²) in [5.74, 6) is 0.946. The summed E-state index contributed by atoms with van der Waals surface area (Å²) in [4.78, 5) is 28.7. The first-order valence-corrected chi connectivity index (χ1v) is 9.13. The Labute approximate surface area is 155 Å². The van der Waals surface area contributed by atoms with E-state index in [1.807, 2.05) is 49.9 Å². The summed E-state index contributed by atoms with van der Waals surface area (Å²) in [5.41, 5.74) is 0.127. The Hall–Kier alpha value is -2.24. The van der Waals surface area contributed by atoms with Crippen molar-refractivity contribution in [3.8, 4) is 5.75 Å². The zero-order chi connectivity index (χ0) is 18.9. The van der Waals surface area contributed by atoms with E-state index in [0.29, 0.717) is 26.2 Å². The summed E-state index contributed by atoms with van der Waals surface area (Å²) < 4.78 is 10.6. The number of nitrogens with zero attached hydrogens (tertiary/aromatic N) is 2. The molecule has 0 N–H and O–H groups in total. The molecule has 26 heavy (non-hydrogen) atoms. The number of amides is 2. The number of rotatable bonds is 3. The Kier molecular flexibility index (Phi) is 4.86. The van der Waals surface area contributed by atoms with E-state index in [1.54, 1.807) is 12.0 Å². The molecule has 2 saturated heterocycles. The van der Waals surface area contributed by atoms with Crippen LogP contribution in [-0.2, 0) is 16.1 Å². The van der Waals surface area contributed by atoms with Gasteiger partial charge in [-0.1, -0.05) is 12.1 Å². The van der Waals surface area contributed by atoms with Crippen LogP contribution >= 0.6 is 0 Å². The first-order valence-electron chi connectivity index (χ1n) is 9.13. The van der Waals surface area contributed by atoms with E-state index >= 15 is 0 Å². The number of piperidine rings is 1. The van der Waals surface area contributed by atoms with Gasteiger partial charge in [0.1, 0.15) is 11.4 Å². The van der Waals surface area contributed by atoms with Crippen LogP contribution in [0.5, 0.6) is 5.75 Å². The van der Waals surface area contributed by atoms with Crippen molar-refractivity contribution in [2.24, 2.45) is 5.41 Å². The smallest absolute Gasteiger partial charge is 0.410 e. The monoisotopic (exact) mass is 360 g/mol. The van der Waals surface area contributed by atoms with Crippen LogP contribution in [0.15, 0.2) is 24.3 Å². The first-order chi connectivity index (χ1) is 12.2. The van der Waals surface area contributed by atoms with Crippen molar-refractivity contribution in [3.63, 3.8) is 0 Å². The lowest BCUT2D eigenvalue weighted by Gasteiger charge is -2.53. The lowest BCUT2D eigenvalue weighted by atomic mass is 9.72. The van der Waals surface area contributed by atoms with Crippen molar-refractivity contribution in [2.75, 3.05) is 26.7 Å². The van der Waals surface area contributed by atoms with Crippen LogP contribution in [0.1, 0.15) is 39.2 Å². The number of carbonyl (C=O) groups is 2. The molecular weight excluding hydrogens is 332 g/mol. The van der Waals surface area contributed by atoms with Crippen molar-refractivity contribution >= 4 is 12.0 Å². The third kappa shape index (κ3) is 3.79. The van der Waals surface area contributed by atoms with Gasteiger partial charge in [0.05, 0.1) is 12.5 Å². The van der Waals surface area contributed by atoms with E-state index in [2.05, 4.69) is 0 Å². The number of hydrogen-bond acceptors (Lipinski definition) is 4. The minimum Gasteiger partial charge on any atom is -0.497 e. The molecule has 2 fully saturated rings. The highest BCUT2D eigenvalue weighted by molar-refractivity contribution is 5.89. The van der Waals surface area contributed by atoms with Crippen molar-refractivity contribution in [1.29, 1.82) is 0 Å².